The lowest BCUT2D eigenvalue weighted by molar-refractivity contribution is -0.121. The van der Waals surface area contributed by atoms with Gasteiger partial charge in [-0.1, -0.05) is 18.2 Å². The zero-order chi connectivity index (χ0) is 19.3. The van der Waals surface area contributed by atoms with Gasteiger partial charge in [0.2, 0.25) is 11.9 Å². The largest absolute Gasteiger partial charge is 0.496 e. The van der Waals surface area contributed by atoms with Crippen LogP contribution < -0.4 is 15.0 Å². The predicted molar refractivity (Wildman–Crippen MR) is 105 cm³/mol. The van der Waals surface area contributed by atoms with Gasteiger partial charge < -0.3 is 19.7 Å². The Morgan fingerprint density at radius 2 is 2.14 bits per heavy atom. The van der Waals surface area contributed by atoms with Crippen molar-refractivity contribution in [2.45, 2.75) is 38.3 Å². The highest BCUT2D eigenvalue weighted by atomic mass is 16.5. The molecule has 148 valence electrons. The number of piperidine rings is 1. The van der Waals surface area contributed by atoms with Gasteiger partial charge in [-0.25, -0.2) is 9.97 Å². The number of methoxy groups -OCH3 is 1. The first kappa shape index (κ1) is 18.7. The van der Waals surface area contributed by atoms with Gasteiger partial charge in [-0.05, 0) is 18.9 Å². The highest BCUT2D eigenvalue weighted by molar-refractivity contribution is 5.79. The third-order valence-corrected chi connectivity index (χ3v) is 5.37. The van der Waals surface area contributed by atoms with Crippen LogP contribution in [-0.2, 0) is 29.0 Å². The summed E-state index contributed by atoms with van der Waals surface area (Å²) in [5.74, 6) is 1.58. The predicted octanol–water partition coefficient (Wildman–Crippen LogP) is 1.89. The Bertz CT molecular complexity index is 834. The Morgan fingerprint density at radius 3 is 2.96 bits per heavy atom. The second kappa shape index (κ2) is 8.56. The van der Waals surface area contributed by atoms with Crippen molar-refractivity contribution in [3.63, 3.8) is 0 Å². The van der Waals surface area contributed by atoms with Crippen molar-refractivity contribution in [1.82, 2.24) is 15.3 Å². The molecule has 1 aromatic heterocycles. The molecule has 1 aromatic carbocycles. The molecule has 0 aliphatic carbocycles. The van der Waals surface area contributed by atoms with Gasteiger partial charge in [0.25, 0.3) is 0 Å². The second-order valence-corrected chi connectivity index (χ2v) is 7.26. The smallest absolute Gasteiger partial charge is 0.225 e. The minimum absolute atomic E-state index is 0.0352. The summed E-state index contributed by atoms with van der Waals surface area (Å²) in [7, 11) is 1.63. The number of nitrogens with one attached hydrogen (secondary N) is 1. The number of ether oxygens (including phenoxy) is 2. The van der Waals surface area contributed by atoms with Gasteiger partial charge in [0, 0.05) is 42.9 Å². The van der Waals surface area contributed by atoms with Crippen molar-refractivity contribution in [3.8, 4) is 5.75 Å². The van der Waals surface area contributed by atoms with E-state index in [1.165, 1.54) is 0 Å². The summed E-state index contributed by atoms with van der Waals surface area (Å²) in [4.78, 5) is 23.9. The number of fused-ring (bicyclic) bond motifs is 1. The minimum Gasteiger partial charge on any atom is -0.496 e. The Hall–Kier alpha value is -2.67. The topological polar surface area (TPSA) is 76.6 Å². The zero-order valence-corrected chi connectivity index (χ0v) is 16.2. The molecule has 1 N–H and O–H groups in total. The molecule has 0 radical (unpaired) electrons. The highest BCUT2D eigenvalue weighted by Crippen LogP contribution is 2.21. The van der Waals surface area contributed by atoms with Crippen molar-refractivity contribution in [2.75, 3.05) is 31.7 Å². The van der Waals surface area contributed by atoms with Crippen LogP contribution in [0.3, 0.4) is 0 Å². The van der Waals surface area contributed by atoms with E-state index in [0.717, 1.165) is 67.5 Å². The van der Waals surface area contributed by atoms with E-state index in [1.54, 1.807) is 7.11 Å². The van der Waals surface area contributed by atoms with E-state index in [2.05, 4.69) is 15.2 Å². The number of para-hydroxylation sites is 1. The molecule has 0 saturated carbocycles. The van der Waals surface area contributed by atoms with E-state index in [1.807, 2.05) is 30.5 Å². The Labute approximate surface area is 165 Å². The normalized spacial score (nSPS) is 17.1. The number of nitrogens with zero attached hydrogens (tertiary/aromatic N) is 3. The first-order chi connectivity index (χ1) is 13.7. The van der Waals surface area contributed by atoms with Gasteiger partial charge >= 0.3 is 0 Å². The van der Waals surface area contributed by atoms with Gasteiger partial charge in [0.1, 0.15) is 5.75 Å². The average Bonchev–Trinajstić information content (AvgIpc) is 2.74. The van der Waals surface area contributed by atoms with Gasteiger partial charge in [-0.2, -0.15) is 0 Å². The summed E-state index contributed by atoms with van der Waals surface area (Å²) in [6.45, 7) is 3.02. The van der Waals surface area contributed by atoms with E-state index >= 15 is 0 Å². The molecule has 1 amide bonds. The maximum atomic E-state index is 12.4. The second-order valence-electron chi connectivity index (χ2n) is 7.26. The third-order valence-electron chi connectivity index (χ3n) is 5.37. The maximum absolute atomic E-state index is 12.4. The summed E-state index contributed by atoms with van der Waals surface area (Å²) in [5, 5.41) is 3.16. The summed E-state index contributed by atoms with van der Waals surface area (Å²) in [5.41, 5.74) is 3.10. The lowest BCUT2D eigenvalue weighted by Gasteiger charge is -2.33. The summed E-state index contributed by atoms with van der Waals surface area (Å²) in [6.07, 6.45) is 4.85. The van der Waals surface area contributed by atoms with Crippen LogP contribution in [0.1, 0.15) is 29.7 Å². The van der Waals surface area contributed by atoms with Crippen LogP contribution in [0.25, 0.3) is 0 Å². The van der Waals surface area contributed by atoms with Gasteiger partial charge in [0.15, 0.2) is 0 Å². The van der Waals surface area contributed by atoms with Crippen molar-refractivity contribution < 1.29 is 14.3 Å². The number of hydrogen-bond donors (Lipinski definition) is 1. The maximum Gasteiger partial charge on any atom is 0.225 e. The number of hydrogen-bond acceptors (Lipinski definition) is 6. The molecule has 0 bridgehead atoms. The average molecular weight is 382 g/mol. The van der Waals surface area contributed by atoms with Crippen LogP contribution in [0.4, 0.5) is 5.95 Å². The lowest BCUT2D eigenvalue weighted by Crippen LogP contribution is -2.45. The molecule has 3 heterocycles. The first-order valence-electron chi connectivity index (χ1n) is 9.81. The monoisotopic (exact) mass is 382 g/mol. The first-order valence-corrected chi connectivity index (χ1v) is 9.81. The van der Waals surface area contributed by atoms with Crippen molar-refractivity contribution >= 4 is 11.9 Å². The molecule has 0 unspecified atom stereocenters. The lowest BCUT2D eigenvalue weighted by atomic mass is 10.0. The highest BCUT2D eigenvalue weighted by Gasteiger charge is 2.23. The fraction of sp³-hybridized carbons (Fsp3) is 0.476. The summed E-state index contributed by atoms with van der Waals surface area (Å²) >= 11 is 0. The molecular formula is C21H26N4O3. The Morgan fingerprint density at radius 1 is 1.32 bits per heavy atom. The summed E-state index contributed by atoms with van der Waals surface area (Å²) < 4.78 is 10.8. The van der Waals surface area contributed by atoms with E-state index in [-0.39, 0.29) is 11.9 Å². The molecule has 7 nitrogen and oxygen atoms in total. The van der Waals surface area contributed by atoms with Gasteiger partial charge in [-0.3, -0.25) is 4.79 Å². The molecule has 2 aliphatic rings. The van der Waals surface area contributed by atoms with Crippen LogP contribution in [-0.4, -0.2) is 48.7 Å². The van der Waals surface area contributed by atoms with Crippen molar-refractivity contribution in [3.05, 3.63) is 47.3 Å². The van der Waals surface area contributed by atoms with Gasteiger partial charge in [-0.15, -0.1) is 0 Å². The SMILES string of the molecule is COc1ccccc1CC(=O)NC1CCN(c2ncc3c(n2)CCOC3)CC1. The molecule has 1 fully saturated rings. The molecule has 2 aromatic rings. The third kappa shape index (κ3) is 4.25. The van der Waals surface area contributed by atoms with Crippen molar-refractivity contribution in [1.29, 1.82) is 0 Å². The Balaban J connectivity index is 1.30. The van der Waals surface area contributed by atoms with E-state index in [0.29, 0.717) is 13.0 Å². The number of rotatable bonds is 5. The summed E-state index contributed by atoms with van der Waals surface area (Å²) in [6, 6.07) is 7.83. The fourth-order valence-corrected chi connectivity index (χ4v) is 3.80. The van der Waals surface area contributed by atoms with Crippen LogP contribution in [0.2, 0.25) is 0 Å². The molecule has 7 heteroatoms. The number of aromatic nitrogens is 2. The number of carbonyl (C=O) groups excluding carboxylic acids is 1. The molecule has 1 saturated heterocycles. The molecule has 0 atom stereocenters. The van der Waals surface area contributed by atoms with E-state index in [4.69, 9.17) is 14.5 Å². The molecule has 0 spiro atoms. The van der Waals surface area contributed by atoms with Crippen LogP contribution in [0.15, 0.2) is 30.5 Å². The fourth-order valence-electron chi connectivity index (χ4n) is 3.80. The van der Waals surface area contributed by atoms with Crippen molar-refractivity contribution in [2.24, 2.45) is 0 Å². The van der Waals surface area contributed by atoms with Crippen LogP contribution in [0.5, 0.6) is 5.75 Å². The number of carbonyl (C=O) groups is 1. The number of anilines is 1. The molecule has 4 rings (SSSR count). The Kier molecular flexibility index (Phi) is 5.71. The standard InChI is InChI=1S/C21H26N4O3/c1-27-19-5-3-2-4-15(19)12-20(26)23-17-6-9-25(10-7-17)21-22-13-16-14-28-11-8-18(16)24-21/h2-5,13,17H,6-12,14H2,1H3,(H,23,26). The van der Waals surface area contributed by atoms with E-state index < -0.39 is 0 Å². The number of amides is 1. The minimum atomic E-state index is 0.0352. The molecular weight excluding hydrogens is 356 g/mol. The van der Waals surface area contributed by atoms with Crippen LogP contribution in [0, 0.1) is 0 Å². The quantitative estimate of drug-likeness (QED) is 0.851. The number of benzene rings is 1. The van der Waals surface area contributed by atoms with Crippen LogP contribution >= 0.6 is 0 Å². The van der Waals surface area contributed by atoms with Gasteiger partial charge in [0.05, 0.1) is 32.4 Å². The molecule has 28 heavy (non-hydrogen) atoms. The van der Waals surface area contributed by atoms with E-state index in [9.17, 15) is 4.79 Å². The zero-order valence-electron chi connectivity index (χ0n) is 16.2. The molecule has 2 aliphatic heterocycles.